The first-order chi connectivity index (χ1) is 16.4. The molecule has 0 aliphatic carbocycles. The minimum Gasteiger partial charge on any atom is -0.494 e. The summed E-state index contributed by atoms with van der Waals surface area (Å²) in [5.41, 5.74) is 2.71. The van der Waals surface area contributed by atoms with Crippen LogP contribution < -0.4 is 14.4 Å². The lowest BCUT2D eigenvalue weighted by molar-refractivity contribution is 0.415. The second-order valence-electron chi connectivity index (χ2n) is 7.26. The van der Waals surface area contributed by atoms with E-state index in [0.29, 0.717) is 33.4 Å². The van der Waals surface area contributed by atoms with Crippen LogP contribution in [0.4, 0.5) is 21.6 Å². The van der Waals surface area contributed by atoms with Gasteiger partial charge in [-0.25, -0.2) is 8.60 Å². The predicted octanol–water partition coefficient (Wildman–Crippen LogP) is 5.66. The summed E-state index contributed by atoms with van der Waals surface area (Å²) in [6, 6.07) is 16.7. The molecule has 2 heterocycles. The average molecular weight is 479 g/mol. The van der Waals surface area contributed by atoms with Gasteiger partial charge in [0.1, 0.15) is 23.5 Å². The Hall–Kier alpha value is -4.11. The monoisotopic (exact) mass is 478 g/mol. The first-order valence-corrected chi connectivity index (χ1v) is 12.0. The van der Waals surface area contributed by atoms with Gasteiger partial charge >= 0.3 is 0 Å². The highest BCUT2D eigenvalue weighted by Crippen LogP contribution is 2.36. The lowest BCUT2D eigenvalue weighted by atomic mass is 10.1. The molecular formula is C25H23FN4O3S. The van der Waals surface area contributed by atoms with Crippen molar-refractivity contribution in [2.45, 2.75) is 11.8 Å². The Kier molecular flexibility index (Phi) is 6.65. The summed E-state index contributed by atoms with van der Waals surface area (Å²) in [5, 5.41) is 3.73. The van der Waals surface area contributed by atoms with Crippen molar-refractivity contribution in [2.75, 3.05) is 16.7 Å². The number of aromatic nitrogens is 2. The van der Waals surface area contributed by atoms with E-state index >= 15 is 0 Å². The molecule has 0 fully saturated rings. The Morgan fingerprint density at radius 1 is 1.18 bits per heavy atom. The molecule has 9 heteroatoms. The van der Waals surface area contributed by atoms with E-state index in [4.69, 9.17) is 9.26 Å². The van der Waals surface area contributed by atoms with E-state index < -0.39 is 9.71 Å². The van der Waals surface area contributed by atoms with Crippen molar-refractivity contribution in [3.05, 3.63) is 91.2 Å². The van der Waals surface area contributed by atoms with E-state index in [1.807, 2.05) is 36.2 Å². The van der Waals surface area contributed by atoms with Crippen LogP contribution in [0, 0.1) is 5.82 Å². The highest BCUT2D eigenvalue weighted by molar-refractivity contribution is 8.01. The fourth-order valence-corrected chi connectivity index (χ4v) is 4.49. The van der Waals surface area contributed by atoms with Crippen molar-refractivity contribution in [3.8, 4) is 17.0 Å². The number of hydrogen-bond acceptors (Lipinski definition) is 6. The van der Waals surface area contributed by atoms with Crippen LogP contribution in [-0.4, -0.2) is 27.3 Å². The van der Waals surface area contributed by atoms with Crippen LogP contribution in [0.5, 0.6) is 5.75 Å². The maximum Gasteiger partial charge on any atom is 0.180 e. The second-order valence-corrected chi connectivity index (χ2v) is 9.29. The van der Waals surface area contributed by atoms with Crippen molar-refractivity contribution in [2.24, 2.45) is 0 Å². The number of nitrogens with one attached hydrogen (secondary N) is 1. The summed E-state index contributed by atoms with van der Waals surface area (Å²) in [7, 11) is -1.26. The topological polar surface area (TPSA) is 80.5 Å². The summed E-state index contributed by atoms with van der Waals surface area (Å²) in [5.74, 6) is 4.37. The highest BCUT2D eigenvalue weighted by atomic mass is 32.2. The predicted molar refractivity (Wildman–Crippen MR) is 133 cm³/mol. The van der Waals surface area contributed by atoms with Gasteiger partial charge in [0.05, 0.1) is 28.7 Å². The average Bonchev–Trinajstić information content (AvgIpc) is 3.35. The van der Waals surface area contributed by atoms with E-state index in [1.165, 1.54) is 18.4 Å². The Balaban J connectivity index is 1.67. The van der Waals surface area contributed by atoms with Gasteiger partial charge in [-0.05, 0) is 49.2 Å². The summed E-state index contributed by atoms with van der Waals surface area (Å²) in [6.45, 7) is 1.90. The Morgan fingerprint density at radius 2 is 1.97 bits per heavy atom. The molecule has 34 heavy (non-hydrogen) atoms. The van der Waals surface area contributed by atoms with E-state index in [9.17, 15) is 8.60 Å². The molecular weight excluding hydrogens is 455 g/mol. The quantitative estimate of drug-likeness (QED) is 0.329. The number of benzene rings is 2. The number of anilines is 3. The summed E-state index contributed by atoms with van der Waals surface area (Å²) in [4.78, 5) is 6.92. The van der Waals surface area contributed by atoms with Crippen LogP contribution in [0.1, 0.15) is 6.92 Å². The molecule has 0 aliphatic heterocycles. The molecule has 2 aromatic heterocycles. The standard InChI is InChI=1S/C25H23FN4O3S/c1-4-13-30(20-8-10-21(11-9-20)34(3,31)29-25-12-14-33-28-25)23-17-27-22(16-24(23)32-2)18-6-5-7-19(26)15-18/h4-17H,3H2,1-2H3,(H,28,29,31). The summed E-state index contributed by atoms with van der Waals surface area (Å²) < 4.78 is 39.9. The van der Waals surface area contributed by atoms with Crippen molar-refractivity contribution < 1.29 is 17.9 Å². The lowest BCUT2D eigenvalue weighted by Gasteiger charge is -2.23. The molecule has 0 spiro atoms. The number of ether oxygens (including phenoxy) is 1. The highest BCUT2D eigenvalue weighted by Gasteiger charge is 2.16. The van der Waals surface area contributed by atoms with Crippen molar-refractivity contribution >= 4 is 32.8 Å². The number of pyridine rings is 1. The molecule has 7 nitrogen and oxygen atoms in total. The minimum absolute atomic E-state index is 0.335. The molecule has 174 valence electrons. The Morgan fingerprint density at radius 3 is 2.62 bits per heavy atom. The molecule has 0 amide bonds. The molecule has 0 saturated heterocycles. The van der Waals surface area contributed by atoms with Gasteiger partial charge in [-0.2, -0.15) is 0 Å². The minimum atomic E-state index is -2.83. The molecule has 1 atom stereocenters. The molecule has 0 radical (unpaired) electrons. The number of methoxy groups -OCH3 is 1. The Labute approximate surface area is 197 Å². The maximum absolute atomic E-state index is 13.7. The van der Waals surface area contributed by atoms with Gasteiger partial charge in [0, 0.05) is 34.5 Å². The number of halogens is 1. The lowest BCUT2D eigenvalue weighted by Crippen LogP contribution is -2.14. The van der Waals surface area contributed by atoms with Crippen LogP contribution in [0.25, 0.3) is 11.3 Å². The zero-order valence-electron chi connectivity index (χ0n) is 18.6. The van der Waals surface area contributed by atoms with Crippen molar-refractivity contribution in [1.82, 2.24) is 10.1 Å². The molecule has 4 aromatic rings. The first kappa shape index (κ1) is 23.1. The van der Waals surface area contributed by atoms with E-state index in [0.717, 1.165) is 5.69 Å². The number of hydrogen-bond donors (Lipinski definition) is 1. The van der Waals surface area contributed by atoms with Crippen LogP contribution in [0.15, 0.2) is 94.8 Å². The third-order valence-electron chi connectivity index (χ3n) is 4.95. The van der Waals surface area contributed by atoms with Gasteiger partial charge in [-0.1, -0.05) is 23.4 Å². The molecule has 4 rings (SSSR count). The number of nitrogens with zero attached hydrogens (tertiary/aromatic N) is 3. The maximum atomic E-state index is 13.7. The first-order valence-electron chi connectivity index (χ1n) is 10.3. The molecule has 0 aliphatic rings. The van der Waals surface area contributed by atoms with E-state index in [1.54, 1.807) is 49.7 Å². The molecule has 1 N–H and O–H groups in total. The summed E-state index contributed by atoms with van der Waals surface area (Å²) >= 11 is 0. The molecule has 0 bridgehead atoms. The summed E-state index contributed by atoms with van der Waals surface area (Å²) in [6.07, 6.45) is 6.80. The van der Waals surface area contributed by atoms with Crippen LogP contribution >= 0.6 is 0 Å². The van der Waals surface area contributed by atoms with Gasteiger partial charge in [-0.3, -0.25) is 9.71 Å². The Bertz CT molecular complexity index is 1400. The normalized spacial score (nSPS) is 12.9. The number of allylic oxidation sites excluding steroid dienone is 1. The van der Waals surface area contributed by atoms with Gasteiger partial charge in [0.15, 0.2) is 5.82 Å². The van der Waals surface area contributed by atoms with Gasteiger partial charge in [0.2, 0.25) is 0 Å². The molecule has 1 unspecified atom stereocenters. The third kappa shape index (κ3) is 4.94. The van der Waals surface area contributed by atoms with E-state index in [-0.39, 0.29) is 5.82 Å². The molecule has 2 aromatic carbocycles. The third-order valence-corrected chi connectivity index (χ3v) is 6.52. The van der Waals surface area contributed by atoms with Crippen molar-refractivity contribution in [3.63, 3.8) is 0 Å². The largest absolute Gasteiger partial charge is 0.494 e. The van der Waals surface area contributed by atoms with Crippen LogP contribution in [-0.2, 0) is 9.71 Å². The van der Waals surface area contributed by atoms with Gasteiger partial charge in [-0.15, -0.1) is 0 Å². The zero-order valence-corrected chi connectivity index (χ0v) is 19.5. The number of rotatable bonds is 8. The molecule has 0 saturated carbocycles. The van der Waals surface area contributed by atoms with Crippen LogP contribution in [0.3, 0.4) is 0 Å². The van der Waals surface area contributed by atoms with E-state index in [2.05, 4.69) is 20.7 Å². The fourth-order valence-electron chi connectivity index (χ4n) is 3.35. The van der Waals surface area contributed by atoms with Gasteiger partial charge < -0.3 is 14.2 Å². The van der Waals surface area contributed by atoms with Gasteiger partial charge in [0.25, 0.3) is 0 Å². The van der Waals surface area contributed by atoms with Crippen LogP contribution in [0.2, 0.25) is 0 Å². The fraction of sp³-hybridized carbons (Fsp3) is 0.0800. The SMILES string of the molecule is C=S(=O)(Nc1ccon1)c1ccc(N(C=CC)c2cnc(-c3cccc(F)c3)cc2OC)cc1. The van der Waals surface area contributed by atoms with Crippen molar-refractivity contribution in [1.29, 1.82) is 0 Å². The zero-order chi connectivity index (χ0) is 24.1. The second kappa shape index (κ2) is 9.80. The smallest absolute Gasteiger partial charge is 0.180 e.